The lowest BCUT2D eigenvalue weighted by molar-refractivity contribution is -0.118. The number of aryl methyl sites for hydroxylation is 1. The number of carbonyl (C=O) groups is 1. The van der Waals surface area contributed by atoms with Crippen LogP contribution in [0.15, 0.2) is 24.3 Å². The average Bonchev–Trinajstić information content (AvgIpc) is 2.71. The van der Waals surface area contributed by atoms with Crippen molar-refractivity contribution >= 4 is 11.5 Å². The summed E-state index contributed by atoms with van der Waals surface area (Å²) < 4.78 is 5.23. The molecule has 0 fully saturated rings. The third-order valence-corrected chi connectivity index (χ3v) is 3.03. The summed E-state index contributed by atoms with van der Waals surface area (Å²) in [5.41, 5.74) is 3.92. The van der Waals surface area contributed by atoms with Crippen molar-refractivity contribution in [3.63, 3.8) is 0 Å². The second kappa shape index (κ2) is 5.04. The number of ether oxygens (including phenoxy) is 1. The number of nitrogens with one attached hydrogen (secondary N) is 1. The third-order valence-electron chi connectivity index (χ3n) is 3.03. The molecule has 0 aliphatic heterocycles. The lowest BCUT2D eigenvalue weighted by atomic mass is 10.1. The Kier molecular flexibility index (Phi) is 3.47. The molecule has 1 aromatic carbocycles. The van der Waals surface area contributed by atoms with Gasteiger partial charge in [-0.05, 0) is 41.7 Å². The van der Waals surface area contributed by atoms with Crippen molar-refractivity contribution in [3.05, 3.63) is 35.4 Å². The zero-order valence-electron chi connectivity index (χ0n) is 10.2. The Morgan fingerprint density at radius 2 is 2.29 bits per heavy atom. The van der Waals surface area contributed by atoms with E-state index in [4.69, 9.17) is 4.74 Å². The molecule has 0 unspecified atom stereocenters. The normalized spacial score (nSPS) is 15.8. The van der Waals surface area contributed by atoms with Crippen molar-refractivity contribution in [3.8, 4) is 5.75 Å². The molecule has 0 spiro atoms. The van der Waals surface area contributed by atoms with Crippen LogP contribution < -0.4 is 10.1 Å². The van der Waals surface area contributed by atoms with Gasteiger partial charge in [-0.15, -0.1) is 0 Å². The fourth-order valence-electron chi connectivity index (χ4n) is 2.13. The van der Waals surface area contributed by atoms with E-state index in [1.165, 1.54) is 23.6 Å². The number of hydrogen-bond acceptors (Lipinski definition) is 2. The summed E-state index contributed by atoms with van der Waals surface area (Å²) in [6, 6.07) is 6.19. The van der Waals surface area contributed by atoms with Crippen LogP contribution in [0, 0.1) is 0 Å². The van der Waals surface area contributed by atoms with Crippen molar-refractivity contribution in [2.75, 3.05) is 13.7 Å². The molecule has 0 aromatic heterocycles. The van der Waals surface area contributed by atoms with E-state index in [0.29, 0.717) is 6.54 Å². The summed E-state index contributed by atoms with van der Waals surface area (Å²) in [7, 11) is 1.68. The van der Waals surface area contributed by atoms with Crippen molar-refractivity contribution in [2.45, 2.75) is 19.8 Å². The van der Waals surface area contributed by atoms with Crippen molar-refractivity contribution < 1.29 is 9.53 Å². The first-order valence-corrected chi connectivity index (χ1v) is 5.81. The molecule has 3 heteroatoms. The van der Waals surface area contributed by atoms with Gasteiger partial charge in [0.05, 0.1) is 7.11 Å². The van der Waals surface area contributed by atoms with Crippen LogP contribution in [0.1, 0.15) is 24.5 Å². The summed E-state index contributed by atoms with van der Waals surface area (Å²) in [4.78, 5) is 10.8. The van der Waals surface area contributed by atoms with Crippen LogP contribution in [0.5, 0.6) is 5.75 Å². The Bertz CT molecular complexity index is 463. The molecule has 17 heavy (non-hydrogen) atoms. The highest BCUT2D eigenvalue weighted by Crippen LogP contribution is 2.34. The number of benzene rings is 1. The molecule has 1 aliphatic rings. The van der Waals surface area contributed by atoms with E-state index in [0.717, 1.165) is 18.6 Å². The molecule has 1 aliphatic carbocycles. The number of hydrogen-bond donors (Lipinski definition) is 1. The zero-order valence-corrected chi connectivity index (χ0v) is 10.2. The fourth-order valence-corrected chi connectivity index (χ4v) is 2.13. The first-order chi connectivity index (χ1) is 8.20. The van der Waals surface area contributed by atoms with Gasteiger partial charge in [-0.1, -0.05) is 12.1 Å². The van der Waals surface area contributed by atoms with Gasteiger partial charge in [0.1, 0.15) is 5.75 Å². The molecule has 3 nitrogen and oxygen atoms in total. The molecule has 0 saturated carbocycles. The SMILES string of the molecule is COc1ccc2c(c1)/C(=C/CNC(C)=O)CC2. The lowest BCUT2D eigenvalue weighted by Crippen LogP contribution is -2.19. The van der Waals surface area contributed by atoms with E-state index in [1.807, 2.05) is 6.07 Å². The minimum Gasteiger partial charge on any atom is -0.497 e. The Hall–Kier alpha value is -1.77. The predicted molar refractivity (Wildman–Crippen MR) is 68.0 cm³/mol. The molecule has 1 amide bonds. The molecule has 90 valence electrons. The van der Waals surface area contributed by atoms with E-state index in [2.05, 4.69) is 23.5 Å². The quantitative estimate of drug-likeness (QED) is 0.865. The van der Waals surface area contributed by atoms with E-state index in [1.54, 1.807) is 7.11 Å². The van der Waals surface area contributed by atoms with Gasteiger partial charge in [0, 0.05) is 13.5 Å². The Morgan fingerprint density at radius 1 is 1.47 bits per heavy atom. The molecule has 2 rings (SSSR count). The summed E-state index contributed by atoms with van der Waals surface area (Å²) in [5, 5.41) is 2.79. The lowest BCUT2D eigenvalue weighted by Gasteiger charge is -2.05. The molecule has 0 radical (unpaired) electrons. The summed E-state index contributed by atoms with van der Waals surface area (Å²) >= 11 is 0. The van der Waals surface area contributed by atoms with Crippen LogP contribution in [-0.4, -0.2) is 19.6 Å². The largest absolute Gasteiger partial charge is 0.497 e. The van der Waals surface area contributed by atoms with Crippen LogP contribution >= 0.6 is 0 Å². The standard InChI is InChI=1S/C14H17NO2/c1-10(16)15-8-7-12-4-3-11-5-6-13(17-2)9-14(11)12/h5-7,9H,3-4,8H2,1-2H3,(H,15,16)/b12-7+. The van der Waals surface area contributed by atoms with Gasteiger partial charge in [-0.25, -0.2) is 0 Å². The average molecular weight is 231 g/mol. The molecular formula is C14H17NO2. The maximum Gasteiger partial charge on any atom is 0.217 e. The smallest absolute Gasteiger partial charge is 0.217 e. The Morgan fingerprint density at radius 3 is 3.00 bits per heavy atom. The fraction of sp³-hybridized carbons (Fsp3) is 0.357. The number of fused-ring (bicyclic) bond motifs is 1. The molecular weight excluding hydrogens is 214 g/mol. The summed E-state index contributed by atoms with van der Waals surface area (Å²) in [5.74, 6) is 0.891. The first kappa shape index (κ1) is 11.7. The van der Waals surface area contributed by atoms with Gasteiger partial charge < -0.3 is 10.1 Å². The van der Waals surface area contributed by atoms with Crippen molar-refractivity contribution in [1.82, 2.24) is 5.32 Å². The van der Waals surface area contributed by atoms with Crippen LogP contribution in [0.4, 0.5) is 0 Å². The van der Waals surface area contributed by atoms with Crippen LogP contribution in [0.25, 0.3) is 5.57 Å². The van der Waals surface area contributed by atoms with E-state index in [-0.39, 0.29) is 5.91 Å². The minimum absolute atomic E-state index is 0.00529. The van der Waals surface area contributed by atoms with Gasteiger partial charge in [0.2, 0.25) is 5.91 Å². The second-order valence-corrected chi connectivity index (χ2v) is 4.19. The van der Waals surface area contributed by atoms with Gasteiger partial charge >= 0.3 is 0 Å². The number of rotatable bonds is 3. The van der Waals surface area contributed by atoms with E-state index < -0.39 is 0 Å². The number of carbonyl (C=O) groups excluding carboxylic acids is 1. The van der Waals surface area contributed by atoms with Gasteiger partial charge in [-0.2, -0.15) is 0 Å². The predicted octanol–water partition coefficient (Wildman–Crippen LogP) is 2.16. The monoisotopic (exact) mass is 231 g/mol. The highest BCUT2D eigenvalue weighted by atomic mass is 16.5. The van der Waals surface area contributed by atoms with Crippen LogP contribution in [0.2, 0.25) is 0 Å². The number of amides is 1. The third kappa shape index (κ3) is 2.67. The maximum atomic E-state index is 10.8. The van der Waals surface area contributed by atoms with Crippen LogP contribution in [0.3, 0.4) is 0 Å². The van der Waals surface area contributed by atoms with Crippen LogP contribution in [-0.2, 0) is 11.2 Å². The van der Waals surface area contributed by atoms with Gasteiger partial charge in [0.25, 0.3) is 0 Å². The van der Waals surface area contributed by atoms with Crippen molar-refractivity contribution in [1.29, 1.82) is 0 Å². The maximum absolute atomic E-state index is 10.8. The minimum atomic E-state index is 0.00529. The highest BCUT2D eigenvalue weighted by molar-refractivity contribution is 5.76. The molecule has 0 heterocycles. The molecule has 1 N–H and O–H groups in total. The Labute approximate surface area is 101 Å². The van der Waals surface area contributed by atoms with E-state index >= 15 is 0 Å². The van der Waals surface area contributed by atoms with Crippen molar-refractivity contribution in [2.24, 2.45) is 0 Å². The number of methoxy groups -OCH3 is 1. The number of allylic oxidation sites excluding steroid dienone is 1. The summed E-state index contributed by atoms with van der Waals surface area (Å²) in [6.45, 7) is 2.13. The Balaban J connectivity index is 2.17. The van der Waals surface area contributed by atoms with E-state index in [9.17, 15) is 4.79 Å². The van der Waals surface area contributed by atoms with Gasteiger partial charge in [-0.3, -0.25) is 4.79 Å². The highest BCUT2D eigenvalue weighted by Gasteiger charge is 2.16. The first-order valence-electron chi connectivity index (χ1n) is 5.81. The topological polar surface area (TPSA) is 38.3 Å². The zero-order chi connectivity index (χ0) is 12.3. The second-order valence-electron chi connectivity index (χ2n) is 4.19. The van der Waals surface area contributed by atoms with Gasteiger partial charge in [0.15, 0.2) is 0 Å². The molecule has 0 saturated heterocycles. The molecule has 0 atom stereocenters. The molecule has 0 bridgehead atoms. The molecule has 1 aromatic rings. The summed E-state index contributed by atoms with van der Waals surface area (Å²) in [6.07, 6.45) is 4.21.